The van der Waals surface area contributed by atoms with Gasteiger partial charge in [-0.15, -0.1) is 0 Å². The van der Waals surface area contributed by atoms with Crippen molar-refractivity contribution < 1.29 is 14.3 Å². The van der Waals surface area contributed by atoms with Crippen molar-refractivity contribution in [3.8, 4) is 11.5 Å². The number of hydrogen-bond donors (Lipinski definition) is 1. The third-order valence-electron chi connectivity index (χ3n) is 5.33. The Balaban J connectivity index is 1.56. The molecular weight excluding hydrogens is 404 g/mol. The highest BCUT2D eigenvalue weighted by Crippen LogP contribution is 2.35. The van der Waals surface area contributed by atoms with Crippen LogP contribution in [0.1, 0.15) is 23.2 Å². The first-order valence-corrected chi connectivity index (χ1v) is 10.2. The van der Waals surface area contributed by atoms with E-state index in [4.69, 9.17) is 21.1 Å². The Morgan fingerprint density at radius 2 is 1.90 bits per heavy atom. The predicted molar refractivity (Wildman–Crippen MR) is 117 cm³/mol. The Morgan fingerprint density at radius 3 is 2.63 bits per heavy atom. The Hall–Kier alpha value is -3.06. The number of anilines is 1. The molecule has 1 N–H and O–H groups in total. The van der Waals surface area contributed by atoms with E-state index in [0.29, 0.717) is 28.6 Å². The zero-order valence-electron chi connectivity index (χ0n) is 16.9. The molecule has 7 nitrogen and oxygen atoms in total. The van der Waals surface area contributed by atoms with E-state index in [1.807, 2.05) is 12.1 Å². The molecule has 1 atom stereocenters. The molecule has 0 aliphatic carbocycles. The van der Waals surface area contributed by atoms with Gasteiger partial charge in [-0.2, -0.15) is 10.2 Å². The minimum atomic E-state index is -0.0948. The number of methoxy groups -OCH3 is 2. The van der Waals surface area contributed by atoms with Crippen LogP contribution in [0.2, 0.25) is 5.02 Å². The quantitative estimate of drug-likeness (QED) is 0.670. The Bertz CT molecular complexity index is 1060. The molecule has 8 heteroatoms. The first-order chi connectivity index (χ1) is 14.6. The van der Waals surface area contributed by atoms with Crippen LogP contribution in [0.4, 0.5) is 5.69 Å². The fourth-order valence-corrected chi connectivity index (χ4v) is 3.93. The highest BCUT2D eigenvalue weighted by molar-refractivity contribution is 6.30. The molecule has 4 rings (SSSR count). The van der Waals surface area contributed by atoms with Crippen molar-refractivity contribution in [3.05, 3.63) is 53.2 Å². The van der Waals surface area contributed by atoms with E-state index in [1.165, 1.54) is 0 Å². The maximum Gasteiger partial charge on any atom is 0.251 e. The smallest absolute Gasteiger partial charge is 0.251 e. The van der Waals surface area contributed by atoms with Gasteiger partial charge in [0.25, 0.3) is 5.91 Å². The van der Waals surface area contributed by atoms with E-state index in [0.717, 1.165) is 36.0 Å². The van der Waals surface area contributed by atoms with Crippen LogP contribution in [0.3, 0.4) is 0 Å². The molecule has 0 radical (unpaired) electrons. The summed E-state index contributed by atoms with van der Waals surface area (Å²) in [5.41, 5.74) is 2.30. The Labute approximate surface area is 179 Å². The van der Waals surface area contributed by atoms with Crippen molar-refractivity contribution in [1.82, 2.24) is 15.5 Å². The molecule has 1 aromatic heterocycles. The van der Waals surface area contributed by atoms with Gasteiger partial charge >= 0.3 is 0 Å². The zero-order valence-corrected chi connectivity index (χ0v) is 17.6. The molecule has 156 valence electrons. The van der Waals surface area contributed by atoms with Gasteiger partial charge in [0.2, 0.25) is 0 Å². The number of piperidine rings is 1. The lowest BCUT2D eigenvalue weighted by Crippen LogP contribution is -2.48. The summed E-state index contributed by atoms with van der Waals surface area (Å²) in [6.45, 7) is 1.57. The number of nitrogens with one attached hydrogen (secondary N) is 1. The summed E-state index contributed by atoms with van der Waals surface area (Å²) in [6.07, 6.45) is 3.64. The van der Waals surface area contributed by atoms with E-state index in [9.17, 15) is 4.79 Å². The van der Waals surface area contributed by atoms with Crippen molar-refractivity contribution in [2.75, 3.05) is 32.2 Å². The van der Waals surface area contributed by atoms with Crippen molar-refractivity contribution >= 4 is 34.1 Å². The van der Waals surface area contributed by atoms with Gasteiger partial charge < -0.3 is 19.7 Å². The van der Waals surface area contributed by atoms with E-state index < -0.39 is 0 Å². The molecule has 1 amide bonds. The second kappa shape index (κ2) is 8.75. The predicted octanol–water partition coefficient (Wildman–Crippen LogP) is 3.70. The van der Waals surface area contributed by atoms with Gasteiger partial charge in [0.1, 0.15) is 0 Å². The second-order valence-corrected chi connectivity index (χ2v) is 7.66. The molecule has 2 aromatic carbocycles. The minimum Gasteiger partial charge on any atom is -0.493 e. The van der Waals surface area contributed by atoms with Gasteiger partial charge in [-0.3, -0.25) is 4.79 Å². The van der Waals surface area contributed by atoms with Crippen molar-refractivity contribution in [2.45, 2.75) is 18.9 Å². The molecular formula is C22H23ClN4O3. The summed E-state index contributed by atoms with van der Waals surface area (Å²) in [7, 11) is 3.21. The summed E-state index contributed by atoms with van der Waals surface area (Å²) < 4.78 is 10.8. The average Bonchev–Trinajstić information content (AvgIpc) is 2.78. The topological polar surface area (TPSA) is 76.6 Å². The number of amides is 1. The van der Waals surface area contributed by atoms with Crippen LogP contribution in [0.25, 0.3) is 10.9 Å². The lowest BCUT2D eigenvalue weighted by atomic mass is 10.0. The number of hydrogen-bond acceptors (Lipinski definition) is 6. The van der Waals surface area contributed by atoms with Crippen molar-refractivity contribution in [2.24, 2.45) is 0 Å². The van der Waals surface area contributed by atoms with Gasteiger partial charge in [-0.05, 0) is 43.2 Å². The molecule has 3 aromatic rings. The summed E-state index contributed by atoms with van der Waals surface area (Å²) in [6, 6.07) is 10.7. The van der Waals surface area contributed by atoms with Crippen LogP contribution < -0.4 is 19.7 Å². The van der Waals surface area contributed by atoms with Crippen LogP contribution >= 0.6 is 11.6 Å². The van der Waals surface area contributed by atoms with Crippen molar-refractivity contribution in [1.29, 1.82) is 0 Å². The number of ether oxygens (including phenoxy) is 2. The van der Waals surface area contributed by atoms with E-state index in [2.05, 4.69) is 20.4 Å². The summed E-state index contributed by atoms with van der Waals surface area (Å²) >= 11 is 5.92. The van der Waals surface area contributed by atoms with Gasteiger partial charge in [0, 0.05) is 41.2 Å². The SMILES string of the molecule is COc1cc2nncc(N3CCCC(NC(=O)c4ccc(Cl)cc4)C3)c2cc1OC. The van der Waals surface area contributed by atoms with Gasteiger partial charge in [-0.25, -0.2) is 0 Å². The molecule has 2 heterocycles. The molecule has 1 fully saturated rings. The van der Waals surface area contributed by atoms with E-state index in [-0.39, 0.29) is 11.9 Å². The molecule has 0 bridgehead atoms. The van der Waals surface area contributed by atoms with Crippen LogP contribution in [0.15, 0.2) is 42.6 Å². The maximum absolute atomic E-state index is 12.6. The highest BCUT2D eigenvalue weighted by atomic mass is 35.5. The van der Waals surface area contributed by atoms with Crippen LogP contribution in [0, 0.1) is 0 Å². The van der Waals surface area contributed by atoms with Gasteiger partial charge in [0.05, 0.1) is 31.6 Å². The lowest BCUT2D eigenvalue weighted by molar-refractivity contribution is 0.0933. The van der Waals surface area contributed by atoms with Crippen LogP contribution in [-0.4, -0.2) is 49.5 Å². The fourth-order valence-electron chi connectivity index (χ4n) is 3.81. The summed E-state index contributed by atoms with van der Waals surface area (Å²) in [4.78, 5) is 14.8. The van der Waals surface area contributed by atoms with Crippen molar-refractivity contribution in [3.63, 3.8) is 0 Å². The van der Waals surface area contributed by atoms with Gasteiger partial charge in [-0.1, -0.05) is 11.6 Å². The maximum atomic E-state index is 12.6. The standard InChI is InChI=1S/C22H23ClN4O3/c1-29-20-10-17-18(11-21(20)30-2)26-24-12-19(17)27-9-3-4-16(13-27)25-22(28)14-5-7-15(23)8-6-14/h5-8,10-12,16H,3-4,9,13H2,1-2H3,(H,25,28). The number of aromatic nitrogens is 2. The Morgan fingerprint density at radius 1 is 1.17 bits per heavy atom. The normalized spacial score (nSPS) is 16.4. The van der Waals surface area contributed by atoms with Gasteiger partial charge in [0.15, 0.2) is 11.5 Å². The molecule has 30 heavy (non-hydrogen) atoms. The number of rotatable bonds is 5. The summed E-state index contributed by atoms with van der Waals surface area (Å²) in [5.74, 6) is 1.16. The fraction of sp³-hybridized carbons (Fsp3) is 0.318. The van der Waals surface area contributed by atoms with Crippen LogP contribution in [0.5, 0.6) is 11.5 Å². The minimum absolute atomic E-state index is 0.0327. The Kier molecular flexibility index (Phi) is 5.90. The number of benzene rings is 2. The lowest BCUT2D eigenvalue weighted by Gasteiger charge is -2.35. The zero-order chi connectivity index (χ0) is 21.1. The number of nitrogens with zero attached hydrogens (tertiary/aromatic N) is 3. The number of halogens is 1. The number of carbonyl (C=O) groups excluding carboxylic acids is 1. The first-order valence-electron chi connectivity index (χ1n) is 9.78. The van der Waals surface area contributed by atoms with E-state index in [1.54, 1.807) is 44.7 Å². The largest absolute Gasteiger partial charge is 0.493 e. The summed E-state index contributed by atoms with van der Waals surface area (Å²) in [5, 5.41) is 13.1. The first kappa shape index (κ1) is 20.2. The molecule has 0 saturated carbocycles. The molecule has 1 aliphatic rings. The molecule has 0 spiro atoms. The number of fused-ring (bicyclic) bond motifs is 1. The monoisotopic (exact) mass is 426 g/mol. The molecule has 1 saturated heterocycles. The third kappa shape index (κ3) is 4.11. The third-order valence-corrected chi connectivity index (χ3v) is 5.58. The van der Waals surface area contributed by atoms with E-state index >= 15 is 0 Å². The van der Waals surface area contributed by atoms with Crippen LogP contribution in [-0.2, 0) is 0 Å². The second-order valence-electron chi connectivity index (χ2n) is 7.22. The average molecular weight is 427 g/mol. The number of carbonyl (C=O) groups is 1. The molecule has 1 aliphatic heterocycles. The molecule has 1 unspecified atom stereocenters. The highest BCUT2D eigenvalue weighted by Gasteiger charge is 2.24.